The van der Waals surface area contributed by atoms with Gasteiger partial charge in [-0.3, -0.25) is 4.79 Å². The first-order valence-electron chi connectivity index (χ1n) is 7.63. The summed E-state index contributed by atoms with van der Waals surface area (Å²) in [6.07, 6.45) is 4.97. The molecule has 1 aliphatic heterocycles. The maximum Gasteiger partial charge on any atom is 0.328 e. The van der Waals surface area contributed by atoms with E-state index in [0.717, 1.165) is 32.1 Å². The van der Waals surface area contributed by atoms with E-state index in [1.54, 1.807) is 4.90 Å². The summed E-state index contributed by atoms with van der Waals surface area (Å²) in [5, 5.41) is 0. The zero-order chi connectivity index (χ0) is 15.1. The Morgan fingerprint density at radius 2 is 2.00 bits per heavy atom. The molecule has 0 bridgehead atoms. The molecule has 0 N–H and O–H groups in total. The number of benzene rings is 1. The van der Waals surface area contributed by atoms with Gasteiger partial charge in [0.1, 0.15) is 6.04 Å². The van der Waals surface area contributed by atoms with Crippen LogP contribution in [0.1, 0.15) is 37.7 Å². The number of rotatable bonds is 6. The van der Waals surface area contributed by atoms with E-state index in [0.29, 0.717) is 13.0 Å². The quantitative estimate of drug-likeness (QED) is 0.597. The lowest BCUT2D eigenvalue weighted by Gasteiger charge is -2.22. The minimum absolute atomic E-state index is 0.0796. The minimum atomic E-state index is -0.364. The number of ether oxygens (including phenoxy) is 1. The molecule has 1 aliphatic rings. The standard InChI is InChI=1S/C17H23NO3/c1-21-17(20)15-11-7-13-18(15)16(19)12-6-5-10-14-8-3-2-4-9-14/h2-4,8-9,15H,5-7,10-13H2,1H3/t15-/m0/s1. The number of hydrogen-bond acceptors (Lipinski definition) is 3. The Morgan fingerprint density at radius 1 is 1.24 bits per heavy atom. The summed E-state index contributed by atoms with van der Waals surface area (Å²) in [7, 11) is 1.38. The number of carbonyl (C=O) groups is 2. The van der Waals surface area contributed by atoms with E-state index in [1.807, 2.05) is 18.2 Å². The van der Waals surface area contributed by atoms with Crippen molar-refractivity contribution in [1.82, 2.24) is 4.90 Å². The number of methoxy groups -OCH3 is 1. The van der Waals surface area contributed by atoms with Crippen LogP contribution in [-0.4, -0.2) is 36.5 Å². The summed E-state index contributed by atoms with van der Waals surface area (Å²) < 4.78 is 4.77. The maximum absolute atomic E-state index is 12.2. The average molecular weight is 289 g/mol. The lowest BCUT2D eigenvalue weighted by atomic mass is 10.1. The van der Waals surface area contributed by atoms with E-state index in [2.05, 4.69) is 12.1 Å². The largest absolute Gasteiger partial charge is 0.467 e. The van der Waals surface area contributed by atoms with Crippen LogP contribution in [0.15, 0.2) is 30.3 Å². The predicted molar refractivity (Wildman–Crippen MR) is 80.7 cm³/mol. The molecule has 1 saturated heterocycles. The summed E-state index contributed by atoms with van der Waals surface area (Å²) in [5.41, 5.74) is 1.30. The van der Waals surface area contributed by atoms with Crippen LogP contribution >= 0.6 is 0 Å². The van der Waals surface area contributed by atoms with Gasteiger partial charge in [0, 0.05) is 13.0 Å². The zero-order valence-electron chi connectivity index (χ0n) is 12.6. The van der Waals surface area contributed by atoms with Gasteiger partial charge in [0.05, 0.1) is 7.11 Å². The van der Waals surface area contributed by atoms with Crippen molar-refractivity contribution in [2.24, 2.45) is 0 Å². The van der Waals surface area contributed by atoms with E-state index < -0.39 is 0 Å². The smallest absolute Gasteiger partial charge is 0.328 e. The number of hydrogen-bond donors (Lipinski definition) is 0. The highest BCUT2D eigenvalue weighted by molar-refractivity contribution is 5.85. The molecule has 0 aliphatic carbocycles. The summed E-state index contributed by atoms with van der Waals surface area (Å²) in [6, 6.07) is 9.92. The molecule has 1 fully saturated rings. The van der Waals surface area contributed by atoms with Crippen LogP contribution in [0.5, 0.6) is 0 Å². The average Bonchev–Trinajstić information content (AvgIpc) is 3.01. The van der Waals surface area contributed by atoms with Crippen LogP contribution in [0.4, 0.5) is 0 Å². The Morgan fingerprint density at radius 3 is 2.71 bits per heavy atom. The molecule has 0 radical (unpaired) electrons. The first-order chi connectivity index (χ1) is 10.2. The molecule has 0 spiro atoms. The molecule has 1 amide bonds. The molecule has 2 rings (SSSR count). The predicted octanol–water partition coefficient (Wildman–Crippen LogP) is 2.56. The van der Waals surface area contributed by atoms with Crippen molar-refractivity contribution >= 4 is 11.9 Å². The van der Waals surface area contributed by atoms with Crippen molar-refractivity contribution in [3.05, 3.63) is 35.9 Å². The maximum atomic E-state index is 12.2. The van der Waals surface area contributed by atoms with Crippen LogP contribution in [0.3, 0.4) is 0 Å². The second-order valence-corrected chi connectivity index (χ2v) is 5.46. The Labute approximate surface area is 126 Å². The van der Waals surface area contributed by atoms with E-state index in [9.17, 15) is 9.59 Å². The third-order valence-corrected chi connectivity index (χ3v) is 4.00. The fourth-order valence-corrected chi connectivity index (χ4v) is 2.84. The van der Waals surface area contributed by atoms with Gasteiger partial charge < -0.3 is 9.64 Å². The number of esters is 1. The van der Waals surface area contributed by atoms with Gasteiger partial charge >= 0.3 is 5.97 Å². The normalized spacial score (nSPS) is 17.8. The molecule has 0 unspecified atom stereocenters. The van der Waals surface area contributed by atoms with Crippen LogP contribution < -0.4 is 0 Å². The van der Waals surface area contributed by atoms with Gasteiger partial charge in [-0.15, -0.1) is 0 Å². The van der Waals surface area contributed by atoms with Crippen molar-refractivity contribution in [3.8, 4) is 0 Å². The second-order valence-electron chi connectivity index (χ2n) is 5.46. The topological polar surface area (TPSA) is 46.6 Å². The Balaban J connectivity index is 1.73. The lowest BCUT2D eigenvalue weighted by Crippen LogP contribution is -2.40. The zero-order valence-corrected chi connectivity index (χ0v) is 12.6. The summed E-state index contributed by atoms with van der Waals surface area (Å²) in [4.78, 5) is 25.5. The number of likely N-dealkylation sites (tertiary alicyclic amines) is 1. The molecule has 1 heterocycles. The first kappa shape index (κ1) is 15.5. The molecule has 4 nitrogen and oxygen atoms in total. The monoisotopic (exact) mass is 289 g/mol. The molecule has 1 aromatic rings. The van der Waals surface area contributed by atoms with Gasteiger partial charge in [-0.1, -0.05) is 30.3 Å². The van der Waals surface area contributed by atoms with Gasteiger partial charge in [0.25, 0.3) is 0 Å². The van der Waals surface area contributed by atoms with Crippen LogP contribution in [0, 0.1) is 0 Å². The number of carbonyl (C=O) groups excluding carboxylic acids is 2. The molecule has 0 saturated carbocycles. The lowest BCUT2D eigenvalue weighted by molar-refractivity contribution is -0.151. The van der Waals surface area contributed by atoms with Crippen LogP contribution in [-0.2, 0) is 20.7 Å². The number of aryl methyl sites for hydroxylation is 1. The van der Waals surface area contributed by atoms with Crippen LogP contribution in [0.25, 0.3) is 0 Å². The summed E-state index contributed by atoms with van der Waals surface area (Å²) in [5.74, 6) is -0.207. The van der Waals surface area contributed by atoms with Gasteiger partial charge in [-0.05, 0) is 37.7 Å². The van der Waals surface area contributed by atoms with E-state index in [1.165, 1.54) is 12.7 Å². The van der Waals surface area contributed by atoms with Crippen molar-refractivity contribution in [2.45, 2.75) is 44.6 Å². The Hall–Kier alpha value is -1.84. The highest BCUT2D eigenvalue weighted by Crippen LogP contribution is 2.20. The SMILES string of the molecule is COC(=O)[C@@H]1CCCN1C(=O)CCCCc1ccccc1. The van der Waals surface area contributed by atoms with Gasteiger partial charge in [-0.2, -0.15) is 0 Å². The molecule has 21 heavy (non-hydrogen) atoms. The number of unbranched alkanes of at least 4 members (excludes halogenated alkanes) is 1. The van der Waals surface area contributed by atoms with Crippen molar-refractivity contribution in [3.63, 3.8) is 0 Å². The molecule has 1 atom stereocenters. The second kappa shape index (κ2) is 7.81. The van der Waals surface area contributed by atoms with Gasteiger partial charge in [-0.25, -0.2) is 4.79 Å². The Bertz CT molecular complexity index is 472. The van der Waals surface area contributed by atoms with Crippen LogP contribution in [0.2, 0.25) is 0 Å². The van der Waals surface area contributed by atoms with E-state index in [-0.39, 0.29) is 17.9 Å². The van der Waals surface area contributed by atoms with Crippen molar-refractivity contribution < 1.29 is 14.3 Å². The molecule has 1 aromatic carbocycles. The van der Waals surface area contributed by atoms with Gasteiger partial charge in [0.2, 0.25) is 5.91 Å². The highest BCUT2D eigenvalue weighted by Gasteiger charge is 2.34. The third kappa shape index (κ3) is 4.31. The van der Waals surface area contributed by atoms with E-state index >= 15 is 0 Å². The third-order valence-electron chi connectivity index (χ3n) is 4.00. The summed E-state index contributed by atoms with van der Waals surface area (Å²) >= 11 is 0. The molecule has 114 valence electrons. The minimum Gasteiger partial charge on any atom is -0.467 e. The molecular formula is C17H23NO3. The van der Waals surface area contributed by atoms with Crippen molar-refractivity contribution in [1.29, 1.82) is 0 Å². The first-order valence-corrected chi connectivity index (χ1v) is 7.63. The Kier molecular flexibility index (Phi) is 5.78. The highest BCUT2D eigenvalue weighted by atomic mass is 16.5. The fraction of sp³-hybridized carbons (Fsp3) is 0.529. The van der Waals surface area contributed by atoms with Crippen molar-refractivity contribution in [2.75, 3.05) is 13.7 Å². The summed E-state index contributed by atoms with van der Waals surface area (Å²) in [6.45, 7) is 0.678. The molecule has 0 aromatic heterocycles. The van der Waals surface area contributed by atoms with E-state index in [4.69, 9.17) is 4.74 Å². The fourth-order valence-electron chi connectivity index (χ4n) is 2.84. The number of nitrogens with zero attached hydrogens (tertiary/aromatic N) is 1. The molecule has 4 heteroatoms. The molecular weight excluding hydrogens is 266 g/mol. The number of amides is 1. The van der Waals surface area contributed by atoms with Gasteiger partial charge in [0.15, 0.2) is 0 Å².